The third kappa shape index (κ3) is 4.48. The van der Waals surface area contributed by atoms with Gasteiger partial charge >= 0.3 is 0 Å². The number of aromatic nitrogens is 1. The van der Waals surface area contributed by atoms with E-state index in [4.69, 9.17) is 4.74 Å². The topological polar surface area (TPSA) is 94.4 Å². The number of anilines is 1. The summed E-state index contributed by atoms with van der Waals surface area (Å²) < 4.78 is 5.22. The van der Waals surface area contributed by atoms with Crippen molar-refractivity contribution in [1.82, 2.24) is 4.98 Å². The highest BCUT2D eigenvalue weighted by Gasteiger charge is 2.12. The number of benzene rings is 2. The van der Waals surface area contributed by atoms with Gasteiger partial charge in [-0.1, -0.05) is 24.3 Å². The first-order valence-electron chi connectivity index (χ1n) is 8.10. The molecule has 0 spiro atoms. The van der Waals surface area contributed by atoms with Crippen LogP contribution in [0.2, 0.25) is 0 Å². The smallest absolute Gasteiger partial charge is 0.270 e. The number of nitro benzene ring substituents is 1. The predicted octanol–water partition coefficient (Wildman–Crippen LogP) is 4.22. The van der Waals surface area contributed by atoms with Crippen LogP contribution in [0, 0.1) is 17.0 Å². The number of non-ortho nitro benzene ring substituents is 1. The molecular weight excluding hydrogens is 366 g/mol. The van der Waals surface area contributed by atoms with Crippen LogP contribution in [-0.2, 0) is 11.2 Å². The Balaban J connectivity index is 1.68. The van der Waals surface area contributed by atoms with Crippen molar-refractivity contribution in [1.29, 1.82) is 0 Å². The van der Waals surface area contributed by atoms with Crippen molar-refractivity contribution in [2.75, 3.05) is 12.4 Å². The zero-order valence-electron chi connectivity index (χ0n) is 14.8. The van der Waals surface area contributed by atoms with E-state index in [-0.39, 0.29) is 18.0 Å². The first-order chi connectivity index (χ1) is 13.0. The fourth-order valence-electron chi connectivity index (χ4n) is 2.64. The largest absolute Gasteiger partial charge is 0.496 e. The van der Waals surface area contributed by atoms with Gasteiger partial charge < -0.3 is 10.1 Å². The molecule has 1 aromatic heterocycles. The highest BCUT2D eigenvalue weighted by molar-refractivity contribution is 7.14. The number of thiazole rings is 1. The molecule has 3 rings (SSSR count). The van der Waals surface area contributed by atoms with E-state index in [0.29, 0.717) is 16.4 Å². The van der Waals surface area contributed by atoms with Gasteiger partial charge in [-0.25, -0.2) is 4.98 Å². The highest BCUT2D eigenvalue weighted by Crippen LogP contribution is 2.27. The minimum atomic E-state index is -0.449. The Hall–Kier alpha value is -3.26. The summed E-state index contributed by atoms with van der Waals surface area (Å²) in [6, 6.07) is 11.8. The second-order valence-corrected chi connectivity index (χ2v) is 6.73. The third-order valence-electron chi connectivity index (χ3n) is 3.93. The Bertz CT molecular complexity index is 1000. The highest BCUT2D eigenvalue weighted by atomic mass is 32.1. The van der Waals surface area contributed by atoms with Crippen LogP contribution in [0.3, 0.4) is 0 Å². The Morgan fingerprint density at radius 1 is 1.30 bits per heavy atom. The fourth-order valence-corrected chi connectivity index (χ4v) is 3.38. The molecular formula is C19H17N3O4S. The van der Waals surface area contributed by atoms with E-state index in [1.54, 1.807) is 24.6 Å². The lowest BCUT2D eigenvalue weighted by Gasteiger charge is -2.07. The summed E-state index contributed by atoms with van der Waals surface area (Å²) in [5.41, 5.74) is 3.05. The minimum Gasteiger partial charge on any atom is -0.496 e. The van der Waals surface area contributed by atoms with Gasteiger partial charge in [0, 0.05) is 23.1 Å². The summed E-state index contributed by atoms with van der Waals surface area (Å²) >= 11 is 1.27. The number of hydrogen-bond donors (Lipinski definition) is 1. The normalized spacial score (nSPS) is 10.4. The van der Waals surface area contributed by atoms with Gasteiger partial charge in [0.25, 0.3) is 5.69 Å². The molecule has 0 aliphatic heterocycles. The van der Waals surface area contributed by atoms with E-state index in [9.17, 15) is 14.9 Å². The maximum atomic E-state index is 12.3. The summed E-state index contributed by atoms with van der Waals surface area (Å²) in [5, 5.41) is 15.9. The molecule has 1 heterocycles. The number of nitro groups is 1. The van der Waals surface area contributed by atoms with Crippen LogP contribution in [-0.4, -0.2) is 22.9 Å². The molecule has 1 amide bonds. The predicted molar refractivity (Wildman–Crippen MR) is 104 cm³/mol. The van der Waals surface area contributed by atoms with Gasteiger partial charge in [-0.15, -0.1) is 11.3 Å². The van der Waals surface area contributed by atoms with Gasteiger partial charge in [0.2, 0.25) is 5.91 Å². The zero-order chi connectivity index (χ0) is 19.4. The number of methoxy groups -OCH3 is 1. The van der Waals surface area contributed by atoms with Crippen LogP contribution in [0.5, 0.6) is 5.75 Å². The fraction of sp³-hybridized carbons (Fsp3) is 0.158. The van der Waals surface area contributed by atoms with Gasteiger partial charge in [-0.2, -0.15) is 0 Å². The lowest BCUT2D eigenvalue weighted by molar-refractivity contribution is -0.384. The van der Waals surface area contributed by atoms with E-state index in [2.05, 4.69) is 10.3 Å². The standard InChI is InChI=1S/C19H17N3O4S/c1-12-8-13(6-7-17(12)26-2)9-18(23)21-19-20-16(11-27-19)14-4-3-5-15(10-14)22(24)25/h3-8,10-11H,9H2,1-2H3,(H,20,21,23). The van der Waals surface area contributed by atoms with E-state index in [0.717, 1.165) is 16.9 Å². The third-order valence-corrected chi connectivity index (χ3v) is 4.68. The molecule has 7 nitrogen and oxygen atoms in total. The lowest BCUT2D eigenvalue weighted by atomic mass is 10.1. The van der Waals surface area contributed by atoms with Crippen molar-refractivity contribution >= 4 is 28.1 Å². The first-order valence-corrected chi connectivity index (χ1v) is 8.98. The Labute approximate surface area is 159 Å². The van der Waals surface area contributed by atoms with Crippen LogP contribution >= 0.6 is 11.3 Å². The molecule has 1 N–H and O–H groups in total. The van der Waals surface area contributed by atoms with Crippen molar-refractivity contribution in [3.8, 4) is 17.0 Å². The molecule has 0 aliphatic rings. The number of amides is 1. The maximum Gasteiger partial charge on any atom is 0.270 e. The number of ether oxygens (including phenoxy) is 1. The molecule has 0 aliphatic carbocycles. The number of rotatable bonds is 6. The summed E-state index contributed by atoms with van der Waals surface area (Å²) in [4.78, 5) is 27.1. The number of hydrogen-bond acceptors (Lipinski definition) is 6. The van der Waals surface area contributed by atoms with Crippen LogP contribution < -0.4 is 10.1 Å². The maximum absolute atomic E-state index is 12.3. The molecule has 0 unspecified atom stereocenters. The van der Waals surface area contributed by atoms with Crippen molar-refractivity contribution in [3.05, 3.63) is 69.1 Å². The number of carbonyl (C=O) groups is 1. The first kappa shape index (κ1) is 18.5. The van der Waals surface area contributed by atoms with Crippen molar-refractivity contribution < 1.29 is 14.5 Å². The summed E-state index contributed by atoms with van der Waals surface area (Å²) in [5.74, 6) is 0.597. The average molecular weight is 383 g/mol. The van der Waals surface area contributed by atoms with Gasteiger partial charge in [0.05, 0.1) is 24.1 Å². The molecule has 0 atom stereocenters. The number of aryl methyl sites for hydroxylation is 1. The molecule has 3 aromatic rings. The SMILES string of the molecule is COc1ccc(CC(=O)Nc2nc(-c3cccc([N+](=O)[O-])c3)cs2)cc1C. The number of nitrogens with one attached hydrogen (secondary N) is 1. The lowest BCUT2D eigenvalue weighted by Crippen LogP contribution is -2.14. The minimum absolute atomic E-state index is 0.000890. The summed E-state index contributed by atoms with van der Waals surface area (Å²) in [6.07, 6.45) is 0.219. The van der Waals surface area contributed by atoms with Crippen LogP contribution in [0.15, 0.2) is 47.8 Å². The second-order valence-electron chi connectivity index (χ2n) is 5.87. The molecule has 0 radical (unpaired) electrons. The molecule has 138 valence electrons. The van der Waals surface area contributed by atoms with E-state index < -0.39 is 4.92 Å². The quantitative estimate of drug-likeness (QED) is 0.508. The van der Waals surface area contributed by atoms with Gasteiger partial charge in [-0.3, -0.25) is 14.9 Å². The molecule has 0 saturated heterocycles. The summed E-state index contributed by atoms with van der Waals surface area (Å²) in [7, 11) is 1.61. The molecule has 0 fully saturated rings. The molecule has 8 heteroatoms. The van der Waals surface area contributed by atoms with E-state index in [1.165, 1.54) is 23.5 Å². The zero-order valence-corrected chi connectivity index (χ0v) is 15.6. The van der Waals surface area contributed by atoms with E-state index in [1.807, 2.05) is 25.1 Å². The Kier molecular flexibility index (Phi) is 5.46. The van der Waals surface area contributed by atoms with Gasteiger partial charge in [-0.05, 0) is 24.1 Å². The molecule has 2 aromatic carbocycles. The van der Waals surface area contributed by atoms with E-state index >= 15 is 0 Å². The van der Waals surface area contributed by atoms with Crippen LogP contribution in [0.25, 0.3) is 11.3 Å². The van der Waals surface area contributed by atoms with Gasteiger partial charge in [0.15, 0.2) is 5.13 Å². The Morgan fingerprint density at radius 2 is 2.11 bits per heavy atom. The monoisotopic (exact) mass is 383 g/mol. The Morgan fingerprint density at radius 3 is 2.81 bits per heavy atom. The average Bonchev–Trinajstić information content (AvgIpc) is 3.10. The van der Waals surface area contributed by atoms with Crippen LogP contribution in [0.4, 0.5) is 10.8 Å². The van der Waals surface area contributed by atoms with Crippen molar-refractivity contribution in [2.45, 2.75) is 13.3 Å². The number of carbonyl (C=O) groups excluding carboxylic acids is 1. The van der Waals surface area contributed by atoms with Crippen LogP contribution in [0.1, 0.15) is 11.1 Å². The van der Waals surface area contributed by atoms with Crippen molar-refractivity contribution in [3.63, 3.8) is 0 Å². The van der Waals surface area contributed by atoms with Gasteiger partial charge in [0.1, 0.15) is 5.75 Å². The van der Waals surface area contributed by atoms with Crippen molar-refractivity contribution in [2.24, 2.45) is 0 Å². The molecule has 0 saturated carbocycles. The molecule has 27 heavy (non-hydrogen) atoms. The molecule has 0 bridgehead atoms. The summed E-state index contributed by atoms with van der Waals surface area (Å²) in [6.45, 7) is 1.92. The second kappa shape index (κ2) is 7.96. The number of nitrogens with zero attached hydrogens (tertiary/aromatic N) is 2.